The number of aromatic amines is 1. The molecule has 0 saturated heterocycles. The van der Waals surface area contributed by atoms with E-state index in [4.69, 9.17) is 5.11 Å². The number of anilines is 1. The Balaban J connectivity index is 2.24. The number of carboxylic acid groups (broad SMARTS) is 1. The van der Waals surface area contributed by atoms with Gasteiger partial charge in [0.15, 0.2) is 11.4 Å². The Labute approximate surface area is 102 Å². The van der Waals surface area contributed by atoms with Crippen molar-refractivity contribution >= 4 is 17.6 Å². The van der Waals surface area contributed by atoms with E-state index in [0.29, 0.717) is 0 Å². The van der Waals surface area contributed by atoms with Crippen LogP contribution >= 0.6 is 0 Å². The van der Waals surface area contributed by atoms with Gasteiger partial charge in [-0.3, -0.25) is 9.89 Å². The number of carboxylic acids is 1. The van der Waals surface area contributed by atoms with Gasteiger partial charge in [0.25, 0.3) is 5.91 Å². The number of carbonyl (C=O) groups is 2. The molecule has 92 valence electrons. The van der Waals surface area contributed by atoms with Crippen molar-refractivity contribution in [1.29, 1.82) is 0 Å². The van der Waals surface area contributed by atoms with E-state index in [1.54, 1.807) is 13.0 Å². The molecule has 1 amide bonds. The first-order valence-corrected chi connectivity index (χ1v) is 5.09. The van der Waals surface area contributed by atoms with Crippen LogP contribution in [-0.4, -0.2) is 32.2 Å². The molecular formula is C11H10N4O3. The van der Waals surface area contributed by atoms with Gasteiger partial charge >= 0.3 is 5.97 Å². The van der Waals surface area contributed by atoms with Gasteiger partial charge in [-0.15, -0.1) is 0 Å². The normalized spacial score (nSPS) is 10.1. The van der Waals surface area contributed by atoms with Gasteiger partial charge in [0.2, 0.25) is 0 Å². The summed E-state index contributed by atoms with van der Waals surface area (Å²) in [5.74, 6) is -1.70. The molecule has 2 aromatic heterocycles. The van der Waals surface area contributed by atoms with E-state index in [1.807, 2.05) is 0 Å². The number of aryl methyl sites for hydroxylation is 1. The van der Waals surface area contributed by atoms with Gasteiger partial charge in [-0.2, -0.15) is 5.10 Å². The lowest BCUT2D eigenvalue weighted by atomic mass is 10.2. The van der Waals surface area contributed by atoms with Gasteiger partial charge in [-0.25, -0.2) is 9.78 Å². The molecule has 0 spiro atoms. The smallest absolute Gasteiger partial charge is 0.356 e. The molecule has 0 unspecified atom stereocenters. The fraction of sp³-hybridized carbons (Fsp3) is 0.0909. The van der Waals surface area contributed by atoms with E-state index in [1.165, 1.54) is 18.3 Å². The Morgan fingerprint density at radius 2 is 2.22 bits per heavy atom. The van der Waals surface area contributed by atoms with Crippen molar-refractivity contribution in [2.45, 2.75) is 6.92 Å². The summed E-state index contributed by atoms with van der Waals surface area (Å²) in [6.07, 6.45) is 1.35. The monoisotopic (exact) mass is 246 g/mol. The fourth-order valence-electron chi connectivity index (χ4n) is 1.40. The Morgan fingerprint density at radius 1 is 1.44 bits per heavy atom. The minimum atomic E-state index is -1.20. The number of nitrogens with one attached hydrogen (secondary N) is 2. The lowest BCUT2D eigenvalue weighted by Gasteiger charge is -2.05. The molecule has 18 heavy (non-hydrogen) atoms. The zero-order valence-corrected chi connectivity index (χ0v) is 9.47. The fourth-order valence-corrected chi connectivity index (χ4v) is 1.40. The molecule has 0 fully saturated rings. The van der Waals surface area contributed by atoms with Gasteiger partial charge in [0, 0.05) is 11.9 Å². The van der Waals surface area contributed by atoms with Crippen molar-refractivity contribution in [3.63, 3.8) is 0 Å². The summed E-state index contributed by atoms with van der Waals surface area (Å²) in [6, 6.07) is 4.57. The molecule has 7 heteroatoms. The van der Waals surface area contributed by atoms with E-state index >= 15 is 0 Å². The van der Waals surface area contributed by atoms with E-state index in [9.17, 15) is 9.59 Å². The van der Waals surface area contributed by atoms with Gasteiger partial charge in [-0.05, 0) is 25.1 Å². The third-order valence-corrected chi connectivity index (χ3v) is 2.20. The third-order valence-electron chi connectivity index (χ3n) is 2.20. The van der Waals surface area contributed by atoms with Crippen molar-refractivity contribution in [2.75, 3.05) is 5.32 Å². The first-order valence-electron chi connectivity index (χ1n) is 5.09. The number of carbonyl (C=O) groups excluding carboxylic acids is 1. The SMILES string of the molecule is Cc1cc(C(=O)Nc2cccnc2C(=O)O)n[nH]1. The van der Waals surface area contributed by atoms with Gasteiger partial charge in [0.05, 0.1) is 5.69 Å². The number of rotatable bonds is 3. The van der Waals surface area contributed by atoms with Crippen LogP contribution in [-0.2, 0) is 0 Å². The maximum Gasteiger partial charge on any atom is 0.356 e. The summed E-state index contributed by atoms with van der Waals surface area (Å²) in [7, 11) is 0. The number of aromatic nitrogens is 3. The quantitative estimate of drug-likeness (QED) is 0.750. The molecular weight excluding hydrogens is 236 g/mol. The second-order valence-electron chi connectivity index (χ2n) is 3.60. The van der Waals surface area contributed by atoms with Crippen LogP contribution in [0.15, 0.2) is 24.4 Å². The van der Waals surface area contributed by atoms with E-state index < -0.39 is 11.9 Å². The van der Waals surface area contributed by atoms with Crippen LogP contribution in [0.5, 0.6) is 0 Å². The van der Waals surface area contributed by atoms with E-state index in [-0.39, 0.29) is 17.1 Å². The Morgan fingerprint density at radius 3 is 2.83 bits per heavy atom. The number of hydrogen-bond acceptors (Lipinski definition) is 4. The van der Waals surface area contributed by atoms with Crippen molar-refractivity contribution in [2.24, 2.45) is 0 Å². The second-order valence-corrected chi connectivity index (χ2v) is 3.60. The summed E-state index contributed by atoms with van der Waals surface area (Å²) >= 11 is 0. The molecule has 0 bridgehead atoms. The average Bonchev–Trinajstić information content (AvgIpc) is 2.76. The van der Waals surface area contributed by atoms with Crippen LogP contribution in [0.4, 0.5) is 5.69 Å². The lowest BCUT2D eigenvalue weighted by Crippen LogP contribution is -2.16. The zero-order chi connectivity index (χ0) is 13.1. The molecule has 0 radical (unpaired) electrons. The largest absolute Gasteiger partial charge is 0.476 e. The van der Waals surface area contributed by atoms with Crippen LogP contribution in [0.3, 0.4) is 0 Å². The summed E-state index contributed by atoms with van der Waals surface area (Å²) in [4.78, 5) is 26.4. The molecule has 0 saturated carbocycles. The maximum atomic E-state index is 11.8. The highest BCUT2D eigenvalue weighted by Crippen LogP contribution is 2.13. The highest BCUT2D eigenvalue weighted by molar-refractivity contribution is 6.06. The Bertz CT molecular complexity index is 606. The van der Waals surface area contributed by atoms with Crippen LogP contribution in [0, 0.1) is 6.92 Å². The van der Waals surface area contributed by atoms with Crippen LogP contribution < -0.4 is 5.32 Å². The summed E-state index contributed by atoms with van der Waals surface area (Å²) < 4.78 is 0. The highest BCUT2D eigenvalue weighted by Gasteiger charge is 2.15. The lowest BCUT2D eigenvalue weighted by molar-refractivity contribution is 0.0692. The molecule has 2 aromatic rings. The molecule has 3 N–H and O–H groups in total. The van der Waals surface area contributed by atoms with Crippen molar-refractivity contribution in [1.82, 2.24) is 15.2 Å². The highest BCUT2D eigenvalue weighted by atomic mass is 16.4. The molecule has 0 aliphatic rings. The Kier molecular flexibility index (Phi) is 3.05. The summed E-state index contributed by atoms with van der Waals surface area (Å²) in [6.45, 7) is 1.76. The molecule has 0 aromatic carbocycles. The first kappa shape index (κ1) is 11.8. The molecule has 7 nitrogen and oxygen atoms in total. The third kappa shape index (κ3) is 2.34. The minimum absolute atomic E-state index is 0.135. The van der Waals surface area contributed by atoms with E-state index in [0.717, 1.165) is 5.69 Å². The van der Waals surface area contributed by atoms with Crippen LogP contribution in [0.1, 0.15) is 26.7 Å². The molecule has 0 aliphatic carbocycles. The predicted molar refractivity (Wildman–Crippen MR) is 62.5 cm³/mol. The van der Waals surface area contributed by atoms with Crippen molar-refractivity contribution < 1.29 is 14.7 Å². The van der Waals surface area contributed by atoms with Gasteiger partial charge in [-0.1, -0.05) is 0 Å². The number of H-pyrrole nitrogens is 1. The van der Waals surface area contributed by atoms with Crippen molar-refractivity contribution in [3.05, 3.63) is 41.5 Å². The topological polar surface area (TPSA) is 108 Å². The number of pyridine rings is 1. The van der Waals surface area contributed by atoms with Crippen molar-refractivity contribution in [3.8, 4) is 0 Å². The number of amides is 1. The zero-order valence-electron chi connectivity index (χ0n) is 9.47. The minimum Gasteiger partial charge on any atom is -0.476 e. The standard InChI is InChI=1S/C11H10N4O3/c1-6-5-8(15-14-6)10(16)13-7-3-2-4-12-9(7)11(17)18/h2-5H,1H3,(H,13,16)(H,14,15)(H,17,18). The molecule has 0 aliphatic heterocycles. The second kappa shape index (κ2) is 4.66. The van der Waals surface area contributed by atoms with E-state index in [2.05, 4.69) is 20.5 Å². The van der Waals surface area contributed by atoms with Crippen LogP contribution in [0.25, 0.3) is 0 Å². The predicted octanol–water partition coefficient (Wildman–Crippen LogP) is 1.06. The maximum absolute atomic E-state index is 11.8. The average molecular weight is 246 g/mol. The number of aromatic carboxylic acids is 1. The summed E-state index contributed by atoms with van der Waals surface area (Å²) in [5.41, 5.74) is 0.853. The van der Waals surface area contributed by atoms with Crippen LogP contribution in [0.2, 0.25) is 0 Å². The number of hydrogen-bond donors (Lipinski definition) is 3. The summed E-state index contributed by atoms with van der Waals surface area (Å²) in [5, 5.41) is 17.8. The van der Waals surface area contributed by atoms with Gasteiger partial charge < -0.3 is 10.4 Å². The Hall–Kier alpha value is -2.70. The van der Waals surface area contributed by atoms with Gasteiger partial charge in [0.1, 0.15) is 0 Å². The first-order chi connectivity index (χ1) is 8.58. The molecule has 2 heterocycles. The molecule has 0 atom stereocenters. The number of nitrogens with zero attached hydrogens (tertiary/aromatic N) is 2. The molecule has 2 rings (SSSR count).